The standard InChI is InChI=1S/C16H23N3O2/c1-12-10-14(7-6-13(12)11-17)18-8-5-9-19-15(20)21-16(2,3)4/h6-7,10,18H,5,8-9H2,1-4H3,(H,19,20). The molecule has 0 aliphatic heterocycles. The topological polar surface area (TPSA) is 74.2 Å². The summed E-state index contributed by atoms with van der Waals surface area (Å²) in [7, 11) is 0. The van der Waals surface area contributed by atoms with Crippen LogP contribution in [-0.2, 0) is 4.74 Å². The Labute approximate surface area is 126 Å². The fourth-order valence-electron chi connectivity index (χ4n) is 1.72. The second-order valence-corrected chi connectivity index (χ2v) is 5.85. The van der Waals surface area contributed by atoms with E-state index in [-0.39, 0.29) is 0 Å². The van der Waals surface area contributed by atoms with Crippen LogP contribution >= 0.6 is 0 Å². The first-order valence-electron chi connectivity index (χ1n) is 7.03. The molecule has 1 aromatic carbocycles. The molecular weight excluding hydrogens is 266 g/mol. The molecule has 0 spiro atoms. The van der Waals surface area contributed by atoms with Crippen LogP contribution in [0.15, 0.2) is 18.2 Å². The van der Waals surface area contributed by atoms with Crippen molar-refractivity contribution in [1.82, 2.24) is 5.32 Å². The van der Waals surface area contributed by atoms with E-state index in [2.05, 4.69) is 16.7 Å². The number of rotatable bonds is 5. The van der Waals surface area contributed by atoms with Crippen molar-refractivity contribution in [3.63, 3.8) is 0 Å². The zero-order valence-electron chi connectivity index (χ0n) is 13.1. The third-order valence-electron chi connectivity index (χ3n) is 2.70. The van der Waals surface area contributed by atoms with Crippen molar-refractivity contribution in [3.05, 3.63) is 29.3 Å². The van der Waals surface area contributed by atoms with Gasteiger partial charge >= 0.3 is 6.09 Å². The highest BCUT2D eigenvalue weighted by Gasteiger charge is 2.15. The number of carbonyl (C=O) groups is 1. The number of nitrogens with one attached hydrogen (secondary N) is 2. The monoisotopic (exact) mass is 289 g/mol. The molecule has 0 radical (unpaired) electrons. The molecule has 1 aromatic rings. The zero-order chi connectivity index (χ0) is 15.9. The average molecular weight is 289 g/mol. The summed E-state index contributed by atoms with van der Waals surface area (Å²) < 4.78 is 5.14. The molecule has 0 bridgehead atoms. The highest BCUT2D eigenvalue weighted by Crippen LogP contribution is 2.14. The molecule has 0 saturated heterocycles. The minimum atomic E-state index is -0.470. The molecule has 114 valence electrons. The Morgan fingerprint density at radius 3 is 2.62 bits per heavy atom. The van der Waals surface area contributed by atoms with E-state index in [1.165, 1.54) is 0 Å². The van der Waals surface area contributed by atoms with Crippen molar-refractivity contribution in [2.45, 2.75) is 39.7 Å². The van der Waals surface area contributed by atoms with E-state index in [0.29, 0.717) is 12.1 Å². The molecule has 1 rings (SSSR count). The molecule has 2 N–H and O–H groups in total. The van der Waals surface area contributed by atoms with Crippen LogP contribution in [0.2, 0.25) is 0 Å². The van der Waals surface area contributed by atoms with Gasteiger partial charge in [0.25, 0.3) is 0 Å². The second kappa shape index (κ2) is 7.53. The van der Waals surface area contributed by atoms with Crippen molar-refractivity contribution in [2.75, 3.05) is 18.4 Å². The van der Waals surface area contributed by atoms with Crippen LogP contribution in [0.3, 0.4) is 0 Å². The molecule has 0 saturated carbocycles. The lowest BCUT2D eigenvalue weighted by atomic mass is 10.1. The minimum absolute atomic E-state index is 0.392. The summed E-state index contributed by atoms with van der Waals surface area (Å²) in [5.41, 5.74) is 2.15. The summed E-state index contributed by atoms with van der Waals surface area (Å²) in [6.45, 7) is 8.70. The fourth-order valence-corrected chi connectivity index (χ4v) is 1.72. The van der Waals surface area contributed by atoms with Gasteiger partial charge in [-0.3, -0.25) is 0 Å². The third-order valence-corrected chi connectivity index (χ3v) is 2.70. The molecule has 1 amide bonds. The maximum Gasteiger partial charge on any atom is 0.407 e. The van der Waals surface area contributed by atoms with E-state index in [1.54, 1.807) is 6.07 Å². The Hall–Kier alpha value is -2.22. The van der Waals surface area contributed by atoms with Gasteiger partial charge in [0.1, 0.15) is 5.60 Å². The van der Waals surface area contributed by atoms with Gasteiger partial charge in [-0.25, -0.2) is 4.79 Å². The van der Waals surface area contributed by atoms with Crippen molar-refractivity contribution in [2.24, 2.45) is 0 Å². The van der Waals surface area contributed by atoms with E-state index < -0.39 is 11.7 Å². The average Bonchev–Trinajstić information content (AvgIpc) is 2.36. The smallest absolute Gasteiger partial charge is 0.407 e. The predicted molar refractivity (Wildman–Crippen MR) is 83.2 cm³/mol. The molecule has 5 nitrogen and oxygen atoms in total. The first kappa shape index (κ1) is 16.8. The van der Waals surface area contributed by atoms with Gasteiger partial charge in [0.2, 0.25) is 0 Å². The molecule has 0 aliphatic rings. The van der Waals surface area contributed by atoms with Gasteiger partial charge in [0, 0.05) is 18.8 Å². The summed E-state index contributed by atoms with van der Waals surface area (Å²) in [5, 5.41) is 14.8. The molecule has 5 heteroatoms. The van der Waals surface area contributed by atoms with Gasteiger partial charge in [0.15, 0.2) is 0 Å². The molecule has 21 heavy (non-hydrogen) atoms. The summed E-state index contributed by atoms with van der Waals surface area (Å²) in [6, 6.07) is 7.77. The van der Waals surface area contributed by atoms with Crippen molar-refractivity contribution in [3.8, 4) is 6.07 Å². The number of amides is 1. The molecule has 0 heterocycles. The van der Waals surface area contributed by atoms with Gasteiger partial charge in [-0.15, -0.1) is 0 Å². The maximum atomic E-state index is 11.4. The number of alkyl carbamates (subject to hydrolysis) is 1. The van der Waals surface area contributed by atoms with Gasteiger partial charge in [-0.05, 0) is 57.9 Å². The Balaban J connectivity index is 2.25. The lowest BCUT2D eigenvalue weighted by Gasteiger charge is -2.19. The number of carbonyl (C=O) groups excluding carboxylic acids is 1. The van der Waals surface area contributed by atoms with Gasteiger partial charge in [-0.1, -0.05) is 0 Å². The number of benzene rings is 1. The summed E-state index contributed by atoms with van der Waals surface area (Å²) in [4.78, 5) is 11.4. The van der Waals surface area contributed by atoms with Crippen LogP contribution in [0.25, 0.3) is 0 Å². The molecular formula is C16H23N3O2. The molecule has 0 unspecified atom stereocenters. The van der Waals surface area contributed by atoms with Gasteiger partial charge in [-0.2, -0.15) is 5.26 Å². The summed E-state index contributed by atoms with van der Waals surface area (Å²) >= 11 is 0. The fraction of sp³-hybridized carbons (Fsp3) is 0.500. The van der Waals surface area contributed by atoms with E-state index in [9.17, 15) is 4.79 Å². The maximum absolute atomic E-state index is 11.4. The van der Waals surface area contributed by atoms with Crippen LogP contribution in [0, 0.1) is 18.3 Å². The number of anilines is 1. The molecule has 0 aromatic heterocycles. The van der Waals surface area contributed by atoms with Crippen molar-refractivity contribution < 1.29 is 9.53 Å². The largest absolute Gasteiger partial charge is 0.444 e. The Kier molecular flexibility index (Phi) is 6.04. The second-order valence-electron chi connectivity index (χ2n) is 5.85. The zero-order valence-corrected chi connectivity index (χ0v) is 13.1. The summed E-state index contributed by atoms with van der Waals surface area (Å²) in [5.74, 6) is 0. The van der Waals surface area contributed by atoms with E-state index >= 15 is 0 Å². The lowest BCUT2D eigenvalue weighted by Crippen LogP contribution is -2.33. The first-order valence-corrected chi connectivity index (χ1v) is 7.03. The molecule has 0 atom stereocenters. The normalized spacial score (nSPS) is 10.6. The van der Waals surface area contributed by atoms with E-state index in [4.69, 9.17) is 10.00 Å². The molecule has 0 fully saturated rings. The highest BCUT2D eigenvalue weighted by molar-refractivity contribution is 5.67. The summed E-state index contributed by atoms with van der Waals surface area (Å²) in [6.07, 6.45) is 0.398. The number of hydrogen-bond acceptors (Lipinski definition) is 4. The van der Waals surface area contributed by atoms with Crippen LogP contribution < -0.4 is 10.6 Å². The number of hydrogen-bond donors (Lipinski definition) is 2. The van der Waals surface area contributed by atoms with Crippen LogP contribution in [-0.4, -0.2) is 24.8 Å². The number of nitriles is 1. The Morgan fingerprint density at radius 2 is 2.05 bits per heavy atom. The van der Waals surface area contributed by atoms with Crippen LogP contribution in [0.1, 0.15) is 38.3 Å². The van der Waals surface area contributed by atoms with Crippen LogP contribution in [0.5, 0.6) is 0 Å². The number of aryl methyl sites for hydroxylation is 1. The van der Waals surface area contributed by atoms with E-state index in [1.807, 2.05) is 39.8 Å². The Morgan fingerprint density at radius 1 is 1.33 bits per heavy atom. The minimum Gasteiger partial charge on any atom is -0.444 e. The van der Waals surface area contributed by atoms with Gasteiger partial charge in [0.05, 0.1) is 11.6 Å². The van der Waals surface area contributed by atoms with E-state index in [0.717, 1.165) is 24.2 Å². The third kappa shape index (κ3) is 6.66. The number of ether oxygens (including phenoxy) is 1. The highest BCUT2D eigenvalue weighted by atomic mass is 16.6. The van der Waals surface area contributed by atoms with Gasteiger partial charge < -0.3 is 15.4 Å². The first-order chi connectivity index (χ1) is 9.81. The predicted octanol–water partition coefficient (Wildman–Crippen LogP) is 3.19. The van der Waals surface area contributed by atoms with Crippen molar-refractivity contribution in [1.29, 1.82) is 5.26 Å². The lowest BCUT2D eigenvalue weighted by molar-refractivity contribution is 0.0528. The Bertz CT molecular complexity index is 527. The number of nitrogens with zero attached hydrogens (tertiary/aromatic N) is 1. The van der Waals surface area contributed by atoms with Crippen LogP contribution in [0.4, 0.5) is 10.5 Å². The van der Waals surface area contributed by atoms with Crippen molar-refractivity contribution >= 4 is 11.8 Å². The SMILES string of the molecule is Cc1cc(NCCCNC(=O)OC(C)(C)C)ccc1C#N. The molecule has 0 aliphatic carbocycles. The quantitative estimate of drug-likeness (QED) is 0.816.